The molecule has 0 bridgehead atoms. The molecule has 112 valence electrons. The number of rotatable bonds is 2. The van der Waals surface area contributed by atoms with Crippen molar-refractivity contribution < 1.29 is 4.79 Å². The van der Waals surface area contributed by atoms with E-state index < -0.39 is 11.6 Å². The quantitative estimate of drug-likeness (QED) is 0.751. The average molecular weight is 298 g/mol. The number of imidazole rings is 1. The summed E-state index contributed by atoms with van der Waals surface area (Å²) in [5, 5.41) is 10.3. The number of carbonyl (C=O) groups excluding carboxylic acids is 1. The highest BCUT2D eigenvalue weighted by Crippen LogP contribution is 2.19. The van der Waals surface area contributed by atoms with Gasteiger partial charge in [0.05, 0.1) is 0 Å². The van der Waals surface area contributed by atoms with Crippen molar-refractivity contribution in [2.75, 3.05) is 5.32 Å². The molecule has 1 N–H and O–H groups in total. The fourth-order valence-electron chi connectivity index (χ4n) is 2.11. The Hall–Kier alpha value is -3.03. The first-order chi connectivity index (χ1) is 10.5. The Morgan fingerprint density at radius 2 is 2.05 bits per heavy atom. The minimum atomic E-state index is -0.432. The molecule has 8 nitrogen and oxygen atoms in total. The van der Waals surface area contributed by atoms with Gasteiger partial charge in [-0.15, -0.1) is 5.10 Å². The molecule has 0 aliphatic carbocycles. The highest BCUT2D eigenvalue weighted by atomic mass is 16.2. The fourth-order valence-corrected chi connectivity index (χ4v) is 2.11. The molecule has 3 rings (SSSR count). The number of fused-ring (bicyclic) bond motifs is 1. The fraction of sp³-hybridized carbons (Fsp3) is 0.214. The van der Waals surface area contributed by atoms with Crippen LogP contribution in [0, 0.1) is 13.8 Å². The normalized spacial score (nSPS) is 10.9. The number of hydrogen-bond acceptors (Lipinski definition) is 5. The van der Waals surface area contributed by atoms with E-state index in [2.05, 4.69) is 20.6 Å². The van der Waals surface area contributed by atoms with Crippen LogP contribution in [0.1, 0.15) is 21.6 Å². The SMILES string of the molecule is Cc1cccc(NC(=O)c2ncn3c(=O)n(C)nnc23)c1C. The van der Waals surface area contributed by atoms with Crippen molar-refractivity contribution in [3.05, 3.63) is 51.8 Å². The Morgan fingerprint density at radius 1 is 1.27 bits per heavy atom. The number of aromatic nitrogens is 5. The van der Waals surface area contributed by atoms with Gasteiger partial charge in [-0.25, -0.2) is 14.2 Å². The van der Waals surface area contributed by atoms with Gasteiger partial charge in [0.25, 0.3) is 5.91 Å². The molecule has 0 aliphatic rings. The van der Waals surface area contributed by atoms with Crippen LogP contribution in [0.25, 0.3) is 5.65 Å². The van der Waals surface area contributed by atoms with E-state index in [1.54, 1.807) is 0 Å². The average Bonchev–Trinajstić information content (AvgIpc) is 2.92. The van der Waals surface area contributed by atoms with Crippen molar-refractivity contribution in [2.45, 2.75) is 13.8 Å². The van der Waals surface area contributed by atoms with E-state index in [0.29, 0.717) is 5.69 Å². The zero-order valence-electron chi connectivity index (χ0n) is 12.4. The first kappa shape index (κ1) is 13.9. The third-order valence-corrected chi connectivity index (χ3v) is 3.57. The van der Waals surface area contributed by atoms with Crippen molar-refractivity contribution in [1.29, 1.82) is 0 Å². The lowest BCUT2D eigenvalue weighted by Gasteiger charge is -2.09. The summed E-state index contributed by atoms with van der Waals surface area (Å²) in [7, 11) is 1.48. The lowest BCUT2D eigenvalue weighted by molar-refractivity contribution is 0.102. The largest absolute Gasteiger partial charge is 0.352 e. The maximum Gasteiger partial charge on any atom is 0.352 e. The van der Waals surface area contributed by atoms with Gasteiger partial charge in [0.2, 0.25) is 0 Å². The summed E-state index contributed by atoms with van der Waals surface area (Å²) < 4.78 is 2.26. The van der Waals surface area contributed by atoms with E-state index >= 15 is 0 Å². The molecule has 0 radical (unpaired) electrons. The van der Waals surface area contributed by atoms with Crippen LogP contribution in [-0.2, 0) is 7.05 Å². The molecule has 0 spiro atoms. The summed E-state index contributed by atoms with van der Waals surface area (Å²) >= 11 is 0. The Balaban J connectivity index is 2.01. The van der Waals surface area contributed by atoms with Crippen LogP contribution in [0.2, 0.25) is 0 Å². The number of nitrogens with one attached hydrogen (secondary N) is 1. The zero-order chi connectivity index (χ0) is 15.9. The molecule has 0 unspecified atom stereocenters. The third kappa shape index (κ3) is 2.14. The maximum absolute atomic E-state index is 12.4. The summed E-state index contributed by atoms with van der Waals surface area (Å²) in [6.07, 6.45) is 1.27. The number of hydrogen-bond donors (Lipinski definition) is 1. The van der Waals surface area contributed by atoms with Crippen LogP contribution < -0.4 is 11.0 Å². The zero-order valence-corrected chi connectivity index (χ0v) is 12.4. The molecule has 1 aromatic carbocycles. The molecule has 2 heterocycles. The Labute approximate surface area is 125 Å². The molecule has 0 saturated heterocycles. The van der Waals surface area contributed by atoms with Gasteiger partial charge in [0.1, 0.15) is 6.33 Å². The lowest BCUT2D eigenvalue weighted by atomic mass is 10.1. The van der Waals surface area contributed by atoms with Crippen LogP contribution >= 0.6 is 0 Å². The Bertz CT molecular complexity index is 940. The lowest BCUT2D eigenvalue weighted by Crippen LogP contribution is -2.27. The van der Waals surface area contributed by atoms with Crippen molar-refractivity contribution in [3.8, 4) is 0 Å². The van der Waals surface area contributed by atoms with Gasteiger partial charge in [0.15, 0.2) is 11.3 Å². The van der Waals surface area contributed by atoms with Crippen molar-refractivity contribution >= 4 is 17.2 Å². The Kier molecular flexibility index (Phi) is 3.21. The van der Waals surface area contributed by atoms with Gasteiger partial charge < -0.3 is 5.32 Å². The number of benzene rings is 1. The van der Waals surface area contributed by atoms with Crippen molar-refractivity contribution in [2.24, 2.45) is 7.05 Å². The van der Waals surface area contributed by atoms with Crippen molar-refractivity contribution in [1.82, 2.24) is 24.4 Å². The second-order valence-electron chi connectivity index (χ2n) is 4.98. The van der Waals surface area contributed by atoms with Crippen LogP contribution in [0.15, 0.2) is 29.3 Å². The molecule has 2 aromatic heterocycles. The van der Waals surface area contributed by atoms with E-state index in [9.17, 15) is 9.59 Å². The first-order valence-corrected chi connectivity index (χ1v) is 6.63. The summed E-state index contributed by atoms with van der Waals surface area (Å²) in [5.41, 5.74) is 2.52. The molecule has 0 aliphatic heterocycles. The summed E-state index contributed by atoms with van der Waals surface area (Å²) in [5.74, 6) is -0.432. The van der Waals surface area contributed by atoms with Gasteiger partial charge in [-0.3, -0.25) is 4.79 Å². The minimum absolute atomic E-state index is 0.0612. The number of aryl methyl sites for hydroxylation is 2. The summed E-state index contributed by atoms with van der Waals surface area (Å²) in [6.45, 7) is 3.89. The predicted molar refractivity (Wildman–Crippen MR) is 79.9 cm³/mol. The summed E-state index contributed by atoms with van der Waals surface area (Å²) in [6, 6.07) is 5.63. The maximum atomic E-state index is 12.4. The van der Waals surface area contributed by atoms with E-state index in [4.69, 9.17) is 0 Å². The van der Waals surface area contributed by atoms with Crippen LogP contribution in [0.3, 0.4) is 0 Å². The van der Waals surface area contributed by atoms with Gasteiger partial charge >= 0.3 is 5.69 Å². The standard InChI is InChI=1S/C14H14N6O2/c1-8-5-4-6-10(9(8)2)16-13(21)11-12-17-18-19(3)14(22)20(12)7-15-11/h4-7H,1-3H3,(H,16,21). The van der Waals surface area contributed by atoms with E-state index in [-0.39, 0.29) is 11.3 Å². The third-order valence-electron chi connectivity index (χ3n) is 3.57. The monoisotopic (exact) mass is 298 g/mol. The molecule has 0 atom stereocenters. The van der Waals surface area contributed by atoms with Gasteiger partial charge in [0, 0.05) is 12.7 Å². The van der Waals surface area contributed by atoms with Crippen molar-refractivity contribution in [3.63, 3.8) is 0 Å². The molecule has 1 amide bonds. The first-order valence-electron chi connectivity index (χ1n) is 6.63. The topological polar surface area (TPSA) is 94.2 Å². The molecule has 0 saturated carbocycles. The smallest absolute Gasteiger partial charge is 0.320 e. The van der Waals surface area contributed by atoms with Crippen LogP contribution in [0.4, 0.5) is 5.69 Å². The van der Waals surface area contributed by atoms with Crippen LogP contribution in [-0.4, -0.2) is 30.3 Å². The predicted octanol–water partition coefficient (Wildman–Crippen LogP) is 0.692. The molecule has 22 heavy (non-hydrogen) atoms. The molecule has 0 fully saturated rings. The second-order valence-corrected chi connectivity index (χ2v) is 4.98. The van der Waals surface area contributed by atoms with Gasteiger partial charge in [-0.05, 0) is 31.0 Å². The highest BCUT2D eigenvalue weighted by Gasteiger charge is 2.18. The molecule has 3 aromatic rings. The van der Waals surface area contributed by atoms with E-state index in [0.717, 1.165) is 15.8 Å². The number of amides is 1. The van der Waals surface area contributed by atoms with Crippen LogP contribution in [0.5, 0.6) is 0 Å². The highest BCUT2D eigenvalue weighted by molar-refractivity contribution is 6.07. The Morgan fingerprint density at radius 3 is 2.82 bits per heavy atom. The van der Waals surface area contributed by atoms with E-state index in [1.165, 1.54) is 17.8 Å². The second kappa shape index (κ2) is 5.06. The van der Waals surface area contributed by atoms with Gasteiger partial charge in [-0.2, -0.15) is 4.68 Å². The number of nitrogens with zero attached hydrogens (tertiary/aromatic N) is 5. The molecular formula is C14H14N6O2. The van der Waals surface area contributed by atoms with Gasteiger partial charge in [-0.1, -0.05) is 17.3 Å². The molecule has 8 heteroatoms. The van der Waals surface area contributed by atoms with E-state index in [1.807, 2.05) is 32.0 Å². The number of anilines is 1. The minimum Gasteiger partial charge on any atom is -0.320 e. The number of carbonyl (C=O) groups is 1. The summed E-state index contributed by atoms with van der Waals surface area (Å²) in [4.78, 5) is 28.2. The molecular weight excluding hydrogens is 284 g/mol.